The van der Waals surface area contributed by atoms with Crippen LogP contribution in [0.25, 0.3) is 0 Å². The number of rotatable bonds is 5. The van der Waals surface area contributed by atoms with E-state index in [-0.39, 0.29) is 5.78 Å². The number of carbonyl (C=O) groups excluding carboxylic acids is 1. The van der Waals surface area contributed by atoms with E-state index >= 15 is 0 Å². The third-order valence-electron chi connectivity index (χ3n) is 3.00. The maximum atomic E-state index is 11.3. The van der Waals surface area contributed by atoms with Gasteiger partial charge in [-0.3, -0.25) is 4.79 Å². The molecule has 1 aromatic carbocycles. The van der Waals surface area contributed by atoms with Gasteiger partial charge in [0, 0.05) is 12.1 Å². The second-order valence-corrected chi connectivity index (χ2v) is 4.72. The van der Waals surface area contributed by atoms with Gasteiger partial charge < -0.3 is 9.32 Å². The molecule has 100 valence electrons. The Morgan fingerprint density at radius 1 is 1.37 bits per heavy atom. The Morgan fingerprint density at radius 3 is 2.68 bits per heavy atom. The zero-order valence-corrected chi connectivity index (χ0v) is 11.8. The summed E-state index contributed by atoms with van der Waals surface area (Å²) in [5, 5.41) is 0.584. The number of carbonyl (C=O) groups is 1. The fraction of sp³-hybridized carbons (Fsp3) is 0.267. The first-order valence-corrected chi connectivity index (χ1v) is 6.57. The first-order valence-electron chi connectivity index (χ1n) is 6.19. The van der Waals surface area contributed by atoms with E-state index in [1.807, 2.05) is 18.2 Å². The van der Waals surface area contributed by atoms with Crippen LogP contribution in [0.1, 0.15) is 30.0 Å². The highest BCUT2D eigenvalue weighted by Gasteiger charge is 2.12. The Labute approximate surface area is 117 Å². The lowest BCUT2D eigenvalue weighted by atomic mass is 10.1. The standard InChI is InChI=1S/C15H16ClNO2/c1-3-17(10-13-5-4-8-19-13)15-7-6-12(11(2)18)9-14(15)16/h4-9H,3,10H2,1-2H3. The van der Waals surface area contributed by atoms with Gasteiger partial charge >= 0.3 is 0 Å². The number of ketones is 1. The average molecular weight is 278 g/mol. The van der Waals surface area contributed by atoms with Gasteiger partial charge in [0.1, 0.15) is 5.76 Å². The zero-order valence-electron chi connectivity index (χ0n) is 11.0. The molecular weight excluding hydrogens is 262 g/mol. The first-order chi connectivity index (χ1) is 9.11. The number of anilines is 1. The third kappa shape index (κ3) is 3.18. The summed E-state index contributed by atoms with van der Waals surface area (Å²) >= 11 is 6.26. The van der Waals surface area contributed by atoms with E-state index in [2.05, 4.69) is 11.8 Å². The number of nitrogens with zero attached hydrogens (tertiary/aromatic N) is 1. The minimum atomic E-state index is 0.0162. The monoisotopic (exact) mass is 277 g/mol. The van der Waals surface area contributed by atoms with Crippen molar-refractivity contribution in [3.8, 4) is 0 Å². The lowest BCUT2D eigenvalue weighted by Crippen LogP contribution is -2.22. The maximum Gasteiger partial charge on any atom is 0.159 e. The molecule has 2 rings (SSSR count). The fourth-order valence-electron chi connectivity index (χ4n) is 1.94. The van der Waals surface area contributed by atoms with E-state index in [1.54, 1.807) is 18.4 Å². The fourth-order valence-corrected chi connectivity index (χ4v) is 2.24. The highest BCUT2D eigenvalue weighted by molar-refractivity contribution is 6.33. The largest absolute Gasteiger partial charge is 0.467 e. The molecule has 19 heavy (non-hydrogen) atoms. The van der Waals surface area contributed by atoms with E-state index in [0.717, 1.165) is 18.0 Å². The van der Waals surface area contributed by atoms with Crippen molar-refractivity contribution in [2.75, 3.05) is 11.4 Å². The van der Waals surface area contributed by atoms with Crippen LogP contribution < -0.4 is 4.90 Å². The van der Waals surface area contributed by atoms with Gasteiger partial charge in [-0.1, -0.05) is 11.6 Å². The van der Waals surface area contributed by atoms with Crippen LogP contribution in [-0.4, -0.2) is 12.3 Å². The van der Waals surface area contributed by atoms with E-state index in [1.165, 1.54) is 6.92 Å². The van der Waals surface area contributed by atoms with Crippen LogP contribution in [0.4, 0.5) is 5.69 Å². The van der Waals surface area contributed by atoms with E-state index in [9.17, 15) is 4.79 Å². The van der Waals surface area contributed by atoms with Gasteiger partial charge in [-0.25, -0.2) is 0 Å². The van der Waals surface area contributed by atoms with Crippen molar-refractivity contribution in [1.82, 2.24) is 0 Å². The van der Waals surface area contributed by atoms with Crippen LogP contribution in [0.2, 0.25) is 5.02 Å². The minimum absolute atomic E-state index is 0.0162. The van der Waals surface area contributed by atoms with Crippen LogP contribution in [0, 0.1) is 0 Å². The molecule has 3 nitrogen and oxygen atoms in total. The number of hydrogen-bond acceptors (Lipinski definition) is 3. The predicted octanol–water partition coefficient (Wildman–Crippen LogP) is 4.16. The highest BCUT2D eigenvalue weighted by Crippen LogP contribution is 2.28. The highest BCUT2D eigenvalue weighted by atomic mass is 35.5. The average Bonchev–Trinajstić information content (AvgIpc) is 2.89. The molecule has 0 unspecified atom stereocenters. The Hall–Kier alpha value is -1.74. The Kier molecular flexibility index (Phi) is 4.27. The summed E-state index contributed by atoms with van der Waals surface area (Å²) in [5.74, 6) is 0.899. The van der Waals surface area contributed by atoms with Crippen molar-refractivity contribution in [1.29, 1.82) is 0 Å². The van der Waals surface area contributed by atoms with E-state index in [4.69, 9.17) is 16.0 Å². The van der Waals surface area contributed by atoms with E-state index < -0.39 is 0 Å². The second kappa shape index (κ2) is 5.93. The van der Waals surface area contributed by atoms with Crippen molar-refractivity contribution >= 4 is 23.1 Å². The lowest BCUT2D eigenvalue weighted by molar-refractivity contribution is 0.101. The van der Waals surface area contributed by atoms with Crippen LogP contribution in [-0.2, 0) is 6.54 Å². The Morgan fingerprint density at radius 2 is 2.16 bits per heavy atom. The summed E-state index contributed by atoms with van der Waals surface area (Å²) < 4.78 is 5.35. The summed E-state index contributed by atoms with van der Waals surface area (Å²) in [6, 6.07) is 9.19. The van der Waals surface area contributed by atoms with Crippen molar-refractivity contribution < 1.29 is 9.21 Å². The molecule has 0 radical (unpaired) electrons. The van der Waals surface area contributed by atoms with Gasteiger partial charge in [-0.05, 0) is 44.2 Å². The van der Waals surface area contributed by atoms with Gasteiger partial charge in [-0.2, -0.15) is 0 Å². The predicted molar refractivity (Wildman–Crippen MR) is 76.9 cm³/mol. The van der Waals surface area contributed by atoms with Crippen molar-refractivity contribution in [2.24, 2.45) is 0 Å². The third-order valence-corrected chi connectivity index (χ3v) is 3.31. The molecule has 1 aromatic heterocycles. The second-order valence-electron chi connectivity index (χ2n) is 4.32. The Bertz CT molecular complexity index is 564. The molecule has 0 saturated carbocycles. The first kappa shape index (κ1) is 13.7. The molecule has 0 aliphatic carbocycles. The molecule has 0 spiro atoms. The molecule has 1 heterocycles. The topological polar surface area (TPSA) is 33.5 Å². The molecule has 0 atom stereocenters. The summed E-state index contributed by atoms with van der Waals surface area (Å²) in [4.78, 5) is 13.4. The molecule has 0 aliphatic heterocycles. The molecule has 0 fully saturated rings. The van der Waals surface area contributed by atoms with Crippen molar-refractivity contribution in [3.05, 3.63) is 52.9 Å². The smallest absolute Gasteiger partial charge is 0.159 e. The van der Waals surface area contributed by atoms with Gasteiger partial charge in [0.05, 0.1) is 23.5 Å². The van der Waals surface area contributed by atoms with E-state index in [0.29, 0.717) is 17.1 Å². The zero-order chi connectivity index (χ0) is 13.8. The van der Waals surface area contributed by atoms with Crippen LogP contribution in [0.5, 0.6) is 0 Å². The Balaban J connectivity index is 2.25. The van der Waals surface area contributed by atoms with Gasteiger partial charge in [0.2, 0.25) is 0 Å². The molecule has 0 aliphatic rings. The molecule has 4 heteroatoms. The van der Waals surface area contributed by atoms with Gasteiger partial charge in [0.15, 0.2) is 5.78 Å². The quantitative estimate of drug-likeness (QED) is 0.770. The lowest BCUT2D eigenvalue weighted by Gasteiger charge is -2.23. The van der Waals surface area contributed by atoms with Gasteiger partial charge in [0.25, 0.3) is 0 Å². The molecular formula is C15H16ClNO2. The SMILES string of the molecule is CCN(Cc1ccco1)c1ccc(C(C)=O)cc1Cl. The number of benzene rings is 1. The van der Waals surface area contributed by atoms with Crippen LogP contribution in [0.15, 0.2) is 41.0 Å². The minimum Gasteiger partial charge on any atom is -0.467 e. The normalized spacial score (nSPS) is 10.5. The number of hydrogen-bond donors (Lipinski definition) is 0. The van der Waals surface area contributed by atoms with Gasteiger partial charge in [-0.15, -0.1) is 0 Å². The van der Waals surface area contributed by atoms with Crippen molar-refractivity contribution in [2.45, 2.75) is 20.4 Å². The number of furan rings is 1. The molecule has 0 saturated heterocycles. The maximum absolute atomic E-state index is 11.3. The molecule has 2 aromatic rings. The molecule has 0 N–H and O–H groups in total. The summed E-state index contributed by atoms with van der Waals surface area (Å²) in [5.41, 5.74) is 1.54. The molecule has 0 amide bonds. The number of halogens is 1. The number of Topliss-reactive ketones (excluding diaryl/α,β-unsaturated/α-hetero) is 1. The van der Waals surface area contributed by atoms with Crippen LogP contribution >= 0.6 is 11.6 Å². The molecule has 0 bridgehead atoms. The van der Waals surface area contributed by atoms with Crippen LogP contribution in [0.3, 0.4) is 0 Å². The summed E-state index contributed by atoms with van der Waals surface area (Å²) in [6.07, 6.45) is 1.66. The van der Waals surface area contributed by atoms with Crippen molar-refractivity contribution in [3.63, 3.8) is 0 Å². The summed E-state index contributed by atoms with van der Waals surface area (Å²) in [6.45, 7) is 5.05. The summed E-state index contributed by atoms with van der Waals surface area (Å²) in [7, 11) is 0.